The van der Waals surface area contributed by atoms with Gasteiger partial charge in [0, 0.05) is 14.2 Å². The first kappa shape index (κ1) is 28.3. The molecule has 2 aliphatic carbocycles. The summed E-state index contributed by atoms with van der Waals surface area (Å²) in [7, 11) is 3.29. The van der Waals surface area contributed by atoms with Crippen molar-refractivity contribution >= 4 is 0 Å². The van der Waals surface area contributed by atoms with E-state index in [2.05, 4.69) is 0 Å². The van der Waals surface area contributed by atoms with Crippen molar-refractivity contribution in [2.24, 2.45) is 5.92 Å². The van der Waals surface area contributed by atoms with Crippen LogP contribution in [0.15, 0.2) is 30.3 Å². The quantitative estimate of drug-likeness (QED) is 0.223. The second-order valence-electron chi connectivity index (χ2n) is 9.65. The number of hydrogen-bond donors (Lipinski definition) is 0. The minimum absolute atomic E-state index is 0.0696. The Morgan fingerprint density at radius 3 is 2.11 bits per heavy atom. The molecular formula is C27H40O11. The molecule has 1 aromatic carbocycles. The maximum atomic E-state index is 6.56. The highest BCUT2D eigenvalue weighted by Crippen LogP contribution is 2.63. The maximum absolute atomic E-state index is 6.56. The van der Waals surface area contributed by atoms with E-state index >= 15 is 0 Å². The van der Waals surface area contributed by atoms with Crippen molar-refractivity contribution in [3.8, 4) is 0 Å². The molecule has 2 saturated heterocycles. The molecule has 2 heterocycles. The number of methoxy groups -OCH3 is 2. The molecule has 0 N–H and O–H groups in total. The SMILES string of the molecule is COCCOCCOC1[C@H]2OC3OC4C2C1(OCCOCCOC)C(O3)[C@@H]4OCCOCc1ccccc1. The Morgan fingerprint density at radius 2 is 1.34 bits per heavy atom. The van der Waals surface area contributed by atoms with Crippen LogP contribution in [0.2, 0.25) is 0 Å². The van der Waals surface area contributed by atoms with Gasteiger partial charge in [-0.2, -0.15) is 0 Å². The average Bonchev–Trinajstić information content (AvgIpc) is 3.04. The molecule has 0 radical (unpaired) electrons. The fraction of sp³-hybridized carbons (Fsp3) is 0.778. The molecule has 5 rings (SSSR count). The highest BCUT2D eigenvalue weighted by Gasteiger charge is 2.83. The standard InChI is InChI=1S/C27H40O11/c1-28-8-10-30-12-16-34-24-22-20-21-23(33-15-13-32-18-19-6-4-3-5-7-19)25(38-26(36-21)37-22)27(20,24)35-17-14-31-11-9-29-2/h3-7,20-26H,8-18H2,1-2H3/t20?,21?,22-,23+,24?,25?,26?,27?/m0/s1. The summed E-state index contributed by atoms with van der Waals surface area (Å²) in [4.78, 5) is 0. The van der Waals surface area contributed by atoms with Crippen LogP contribution in [0.1, 0.15) is 5.56 Å². The highest BCUT2D eigenvalue weighted by molar-refractivity contribution is 5.29. The van der Waals surface area contributed by atoms with Crippen LogP contribution >= 0.6 is 0 Å². The van der Waals surface area contributed by atoms with Gasteiger partial charge in [-0.05, 0) is 5.56 Å². The number of hydrogen-bond acceptors (Lipinski definition) is 11. The molecule has 214 valence electrons. The lowest BCUT2D eigenvalue weighted by Gasteiger charge is -2.57. The summed E-state index contributed by atoms with van der Waals surface area (Å²) >= 11 is 0. The summed E-state index contributed by atoms with van der Waals surface area (Å²) in [5.74, 6) is -0.0696. The van der Waals surface area contributed by atoms with Crippen LogP contribution < -0.4 is 0 Å². The molecule has 11 nitrogen and oxygen atoms in total. The lowest BCUT2D eigenvalue weighted by atomic mass is 9.64. The van der Waals surface area contributed by atoms with E-state index in [0.717, 1.165) is 5.56 Å². The number of ether oxygens (including phenoxy) is 11. The third kappa shape index (κ3) is 5.93. The molecule has 4 aliphatic rings. The molecule has 11 heteroatoms. The summed E-state index contributed by atoms with van der Waals surface area (Å²) in [6.45, 7) is 4.39. The van der Waals surface area contributed by atoms with Gasteiger partial charge in [0.25, 0.3) is 6.48 Å². The number of fused-ring (bicyclic) bond motifs is 3. The zero-order valence-corrected chi connectivity index (χ0v) is 22.2. The molecule has 6 unspecified atom stereocenters. The van der Waals surface area contributed by atoms with Gasteiger partial charge in [-0.25, -0.2) is 0 Å². The average molecular weight is 541 g/mol. The van der Waals surface area contributed by atoms with Crippen LogP contribution in [0.25, 0.3) is 0 Å². The molecule has 8 atom stereocenters. The van der Waals surface area contributed by atoms with Gasteiger partial charge >= 0.3 is 0 Å². The number of rotatable bonds is 20. The molecule has 2 aliphatic heterocycles. The van der Waals surface area contributed by atoms with Crippen LogP contribution in [0.3, 0.4) is 0 Å². The van der Waals surface area contributed by atoms with Gasteiger partial charge in [-0.3, -0.25) is 0 Å². The van der Waals surface area contributed by atoms with Crippen molar-refractivity contribution in [1.82, 2.24) is 0 Å². The normalized spacial score (nSPS) is 34.5. The molecule has 2 saturated carbocycles. The lowest BCUT2D eigenvalue weighted by molar-refractivity contribution is -0.411. The first-order valence-electron chi connectivity index (χ1n) is 13.4. The second kappa shape index (κ2) is 13.9. The maximum Gasteiger partial charge on any atom is 0.272 e. The van der Waals surface area contributed by atoms with Crippen molar-refractivity contribution in [2.75, 3.05) is 80.3 Å². The van der Waals surface area contributed by atoms with Gasteiger partial charge in [0.15, 0.2) is 0 Å². The van der Waals surface area contributed by atoms with E-state index in [-0.39, 0.29) is 30.3 Å². The molecule has 0 spiro atoms. The van der Waals surface area contributed by atoms with Gasteiger partial charge in [0.05, 0.1) is 78.6 Å². The van der Waals surface area contributed by atoms with Gasteiger partial charge in [-0.1, -0.05) is 30.3 Å². The zero-order chi connectivity index (χ0) is 26.2. The van der Waals surface area contributed by atoms with E-state index < -0.39 is 18.2 Å². The first-order valence-corrected chi connectivity index (χ1v) is 13.4. The Bertz CT molecular complexity index is 829. The molecule has 0 aromatic heterocycles. The Morgan fingerprint density at radius 1 is 0.684 bits per heavy atom. The summed E-state index contributed by atoms with van der Waals surface area (Å²) in [5.41, 5.74) is 0.367. The Balaban J connectivity index is 1.18. The fourth-order valence-corrected chi connectivity index (χ4v) is 5.85. The molecular weight excluding hydrogens is 500 g/mol. The zero-order valence-electron chi connectivity index (χ0n) is 22.2. The second-order valence-corrected chi connectivity index (χ2v) is 9.65. The third-order valence-electron chi connectivity index (χ3n) is 7.45. The van der Waals surface area contributed by atoms with E-state index in [1.54, 1.807) is 14.2 Å². The van der Waals surface area contributed by atoms with Crippen LogP contribution in [0, 0.1) is 5.92 Å². The lowest BCUT2D eigenvalue weighted by Crippen LogP contribution is -2.75. The van der Waals surface area contributed by atoms with E-state index in [0.29, 0.717) is 72.7 Å². The first-order chi connectivity index (χ1) is 18.8. The topological polar surface area (TPSA) is 102 Å². The van der Waals surface area contributed by atoms with E-state index in [1.807, 2.05) is 30.3 Å². The predicted molar refractivity (Wildman–Crippen MR) is 132 cm³/mol. The summed E-state index contributed by atoms with van der Waals surface area (Å²) in [5, 5.41) is 0. The van der Waals surface area contributed by atoms with Crippen molar-refractivity contribution in [2.45, 2.75) is 49.2 Å². The molecule has 1 aromatic rings. The minimum atomic E-state index is -0.757. The Hall–Kier alpha value is -1.22. The summed E-state index contributed by atoms with van der Waals surface area (Å²) in [6, 6.07) is 10.1. The van der Waals surface area contributed by atoms with E-state index in [1.165, 1.54) is 0 Å². The Labute approximate surface area is 223 Å². The highest BCUT2D eigenvalue weighted by atomic mass is 16.9. The van der Waals surface area contributed by atoms with E-state index in [9.17, 15) is 0 Å². The van der Waals surface area contributed by atoms with Gasteiger partial charge < -0.3 is 52.1 Å². The minimum Gasteiger partial charge on any atom is -0.382 e. The summed E-state index contributed by atoms with van der Waals surface area (Å²) in [6.07, 6.45) is -1.47. The van der Waals surface area contributed by atoms with E-state index in [4.69, 9.17) is 52.1 Å². The third-order valence-corrected chi connectivity index (χ3v) is 7.45. The van der Waals surface area contributed by atoms with Crippen molar-refractivity contribution in [3.05, 3.63) is 35.9 Å². The van der Waals surface area contributed by atoms with Crippen LogP contribution in [0.5, 0.6) is 0 Å². The van der Waals surface area contributed by atoms with Crippen LogP contribution in [-0.2, 0) is 58.7 Å². The van der Waals surface area contributed by atoms with Gasteiger partial charge in [0.2, 0.25) is 0 Å². The van der Waals surface area contributed by atoms with Crippen molar-refractivity contribution in [3.63, 3.8) is 0 Å². The fourth-order valence-electron chi connectivity index (χ4n) is 5.85. The Kier molecular flexibility index (Phi) is 10.4. The van der Waals surface area contributed by atoms with Crippen molar-refractivity contribution in [1.29, 1.82) is 0 Å². The molecule has 3 bridgehead atoms. The molecule has 0 amide bonds. The van der Waals surface area contributed by atoms with Crippen molar-refractivity contribution < 1.29 is 52.1 Å². The smallest absolute Gasteiger partial charge is 0.272 e. The predicted octanol–water partition coefficient (Wildman–Crippen LogP) is 1.16. The van der Waals surface area contributed by atoms with Crippen LogP contribution in [-0.4, -0.2) is 123 Å². The number of benzene rings is 1. The monoisotopic (exact) mass is 540 g/mol. The summed E-state index contributed by atoms with van der Waals surface area (Å²) < 4.78 is 64.7. The molecule has 38 heavy (non-hydrogen) atoms. The van der Waals surface area contributed by atoms with Gasteiger partial charge in [-0.15, -0.1) is 0 Å². The van der Waals surface area contributed by atoms with Gasteiger partial charge in [0.1, 0.15) is 36.1 Å². The molecule has 4 fully saturated rings. The largest absolute Gasteiger partial charge is 0.382 e. The van der Waals surface area contributed by atoms with Crippen LogP contribution in [0.4, 0.5) is 0 Å².